The van der Waals surface area contributed by atoms with Crippen LogP contribution in [0.2, 0.25) is 0 Å². The second-order valence-electron chi connectivity index (χ2n) is 7.05. The zero-order valence-electron chi connectivity index (χ0n) is 15.7. The Morgan fingerprint density at radius 2 is 2.21 bits per heavy atom. The van der Waals surface area contributed by atoms with Gasteiger partial charge < -0.3 is 14.7 Å². The van der Waals surface area contributed by atoms with E-state index < -0.39 is 23.2 Å². The summed E-state index contributed by atoms with van der Waals surface area (Å²) in [6.45, 7) is 2.01. The third kappa shape index (κ3) is 3.86. The number of carboxylic acid groups (broad SMARTS) is 1. The van der Waals surface area contributed by atoms with Crippen molar-refractivity contribution in [1.82, 2.24) is 25.1 Å². The fraction of sp³-hybridized carbons (Fsp3) is 0.500. The summed E-state index contributed by atoms with van der Waals surface area (Å²) in [5.41, 5.74) is -0.516. The smallest absolute Gasteiger partial charge is 0.313 e. The highest BCUT2D eigenvalue weighted by atomic mass is 19.1. The maximum absolute atomic E-state index is 13.6. The second kappa shape index (κ2) is 8.01. The third-order valence-electron chi connectivity index (χ3n) is 5.10. The van der Waals surface area contributed by atoms with E-state index in [-0.39, 0.29) is 32.0 Å². The minimum Gasteiger partial charge on any atom is -0.481 e. The normalized spacial score (nSPS) is 20.3. The summed E-state index contributed by atoms with van der Waals surface area (Å²) in [5.74, 6) is -1.26. The van der Waals surface area contributed by atoms with E-state index in [0.717, 1.165) is 0 Å². The van der Waals surface area contributed by atoms with Gasteiger partial charge in [0.2, 0.25) is 5.91 Å². The summed E-state index contributed by atoms with van der Waals surface area (Å²) in [6, 6.07) is 5.18. The summed E-state index contributed by atoms with van der Waals surface area (Å²) in [7, 11) is 1.44. The van der Waals surface area contributed by atoms with Crippen LogP contribution in [0, 0.1) is 18.2 Å². The van der Waals surface area contributed by atoms with Crippen LogP contribution < -0.4 is 0 Å². The van der Waals surface area contributed by atoms with Crippen molar-refractivity contribution in [2.75, 3.05) is 26.8 Å². The van der Waals surface area contributed by atoms with Gasteiger partial charge in [0.25, 0.3) is 0 Å². The Bertz CT molecular complexity index is 873. The molecule has 2 atom stereocenters. The van der Waals surface area contributed by atoms with E-state index in [0.29, 0.717) is 17.8 Å². The number of aryl methyl sites for hydroxylation is 1. The molecule has 1 aliphatic rings. The number of aliphatic carboxylic acids is 1. The highest BCUT2D eigenvalue weighted by molar-refractivity contribution is 5.83. The van der Waals surface area contributed by atoms with Crippen LogP contribution in [0.1, 0.15) is 23.9 Å². The van der Waals surface area contributed by atoms with E-state index in [2.05, 4.69) is 15.5 Å². The molecule has 1 aromatic heterocycles. The van der Waals surface area contributed by atoms with Crippen LogP contribution in [0.5, 0.6) is 0 Å². The average molecular weight is 391 g/mol. The number of carboxylic acids is 1. The molecule has 0 spiro atoms. The number of aromatic nitrogens is 4. The number of hydrogen-bond donors (Lipinski definition) is 1. The lowest BCUT2D eigenvalue weighted by Crippen LogP contribution is -2.42. The van der Waals surface area contributed by atoms with Crippen LogP contribution in [0.25, 0.3) is 0 Å². The molecule has 0 aliphatic carbocycles. The Morgan fingerprint density at radius 3 is 2.82 bits per heavy atom. The molecule has 150 valence electrons. The number of rotatable bonds is 7. The Hall–Kier alpha value is -2.88. The summed E-state index contributed by atoms with van der Waals surface area (Å²) in [5, 5.41) is 21.0. The Balaban J connectivity index is 1.87. The van der Waals surface area contributed by atoms with Crippen molar-refractivity contribution in [3.63, 3.8) is 0 Å². The first-order valence-electron chi connectivity index (χ1n) is 8.86. The molecule has 10 heteroatoms. The van der Waals surface area contributed by atoms with Crippen molar-refractivity contribution in [1.29, 1.82) is 0 Å². The number of tetrazole rings is 1. The van der Waals surface area contributed by atoms with E-state index in [1.807, 2.05) is 0 Å². The molecule has 2 unspecified atom stereocenters. The molecule has 1 amide bonds. The Morgan fingerprint density at radius 1 is 1.43 bits per heavy atom. The number of carbonyl (C=O) groups is 2. The number of ether oxygens (including phenoxy) is 1. The van der Waals surface area contributed by atoms with Crippen molar-refractivity contribution in [3.05, 3.63) is 41.5 Å². The van der Waals surface area contributed by atoms with Gasteiger partial charge >= 0.3 is 5.97 Å². The van der Waals surface area contributed by atoms with Crippen molar-refractivity contribution in [3.8, 4) is 0 Å². The molecule has 9 nitrogen and oxygen atoms in total. The molecular weight excluding hydrogens is 369 g/mol. The maximum atomic E-state index is 13.6. The zero-order valence-corrected chi connectivity index (χ0v) is 15.7. The number of amides is 1. The number of hydrogen-bond acceptors (Lipinski definition) is 6. The van der Waals surface area contributed by atoms with E-state index in [9.17, 15) is 19.1 Å². The predicted molar refractivity (Wildman–Crippen MR) is 94.8 cm³/mol. The van der Waals surface area contributed by atoms with Crippen LogP contribution in [-0.4, -0.2) is 68.9 Å². The molecule has 0 saturated carbocycles. The first-order chi connectivity index (χ1) is 13.4. The average Bonchev–Trinajstić information content (AvgIpc) is 3.27. The molecule has 28 heavy (non-hydrogen) atoms. The third-order valence-corrected chi connectivity index (χ3v) is 5.10. The van der Waals surface area contributed by atoms with Gasteiger partial charge in [-0.15, -0.1) is 5.10 Å². The molecule has 3 rings (SSSR count). The summed E-state index contributed by atoms with van der Waals surface area (Å²) >= 11 is 0. The van der Waals surface area contributed by atoms with Gasteiger partial charge in [-0.1, -0.05) is 12.1 Å². The Labute approximate surface area is 161 Å². The fourth-order valence-electron chi connectivity index (χ4n) is 3.59. The van der Waals surface area contributed by atoms with Gasteiger partial charge in [-0.05, 0) is 41.5 Å². The second-order valence-corrected chi connectivity index (χ2v) is 7.05. The number of benzene rings is 1. The molecule has 1 aromatic carbocycles. The molecule has 0 radical (unpaired) electrons. The van der Waals surface area contributed by atoms with E-state index >= 15 is 0 Å². The van der Waals surface area contributed by atoms with Crippen molar-refractivity contribution >= 4 is 11.9 Å². The molecule has 1 N–H and O–H groups in total. The minimum atomic E-state index is -1.14. The monoisotopic (exact) mass is 391 g/mol. The Kier molecular flexibility index (Phi) is 5.68. The van der Waals surface area contributed by atoms with Gasteiger partial charge in [-0.25, -0.2) is 9.07 Å². The number of methoxy groups -OCH3 is 1. The lowest BCUT2D eigenvalue weighted by molar-refractivity contribution is -0.151. The van der Waals surface area contributed by atoms with Crippen LogP contribution in [0.3, 0.4) is 0 Å². The first-order valence-corrected chi connectivity index (χ1v) is 8.86. The quantitative estimate of drug-likeness (QED) is 0.745. The molecule has 2 heterocycles. The topological polar surface area (TPSA) is 110 Å². The standard InChI is InChI=1S/C18H22FN5O4/c1-12-20-21-22-24(12)15(9-13-4-3-5-14(19)8-13)16(25)23-7-6-18(10-23,11-28-2)17(26)27/h3-5,8,15H,6-7,9-11H2,1-2H3,(H,26,27). The van der Waals surface area contributed by atoms with E-state index in [4.69, 9.17) is 4.74 Å². The van der Waals surface area contributed by atoms with Gasteiger partial charge in [0.05, 0.1) is 6.61 Å². The zero-order chi connectivity index (χ0) is 20.3. The molecule has 1 saturated heterocycles. The van der Waals surface area contributed by atoms with Crippen LogP contribution in [-0.2, 0) is 20.7 Å². The lowest BCUT2D eigenvalue weighted by Gasteiger charge is -2.26. The number of carbonyl (C=O) groups excluding carboxylic acids is 1. The predicted octanol–water partition coefficient (Wildman–Crippen LogP) is 0.854. The highest BCUT2D eigenvalue weighted by Gasteiger charge is 2.47. The van der Waals surface area contributed by atoms with E-state index in [1.165, 1.54) is 28.8 Å². The minimum absolute atomic E-state index is 0.0184. The van der Waals surface area contributed by atoms with E-state index in [1.54, 1.807) is 19.1 Å². The largest absolute Gasteiger partial charge is 0.481 e. The molecule has 2 aromatic rings. The van der Waals surface area contributed by atoms with Gasteiger partial charge in [0.1, 0.15) is 23.1 Å². The fourth-order valence-corrected chi connectivity index (χ4v) is 3.59. The molecular formula is C18H22FN5O4. The van der Waals surface area contributed by atoms with Crippen LogP contribution in [0.15, 0.2) is 24.3 Å². The SMILES string of the molecule is COCC1(C(=O)O)CCN(C(=O)C(Cc2cccc(F)c2)n2nnnc2C)C1. The molecule has 0 bridgehead atoms. The number of halogens is 1. The van der Waals surface area contributed by atoms with Crippen molar-refractivity contribution in [2.45, 2.75) is 25.8 Å². The van der Waals surface area contributed by atoms with Crippen LogP contribution >= 0.6 is 0 Å². The van der Waals surface area contributed by atoms with Crippen LogP contribution in [0.4, 0.5) is 4.39 Å². The highest BCUT2D eigenvalue weighted by Crippen LogP contribution is 2.33. The van der Waals surface area contributed by atoms with Crippen molar-refractivity contribution < 1.29 is 23.8 Å². The first kappa shape index (κ1) is 19.9. The van der Waals surface area contributed by atoms with Gasteiger partial charge in [-0.3, -0.25) is 9.59 Å². The number of nitrogens with zero attached hydrogens (tertiary/aromatic N) is 5. The van der Waals surface area contributed by atoms with Gasteiger partial charge in [0, 0.05) is 26.6 Å². The lowest BCUT2D eigenvalue weighted by atomic mass is 9.88. The van der Waals surface area contributed by atoms with Gasteiger partial charge in [0.15, 0.2) is 0 Å². The molecule has 1 fully saturated rings. The molecule has 1 aliphatic heterocycles. The summed E-state index contributed by atoms with van der Waals surface area (Å²) in [4.78, 5) is 26.5. The van der Waals surface area contributed by atoms with Crippen molar-refractivity contribution in [2.24, 2.45) is 5.41 Å². The summed E-state index contributed by atoms with van der Waals surface area (Å²) in [6.07, 6.45) is 0.479. The summed E-state index contributed by atoms with van der Waals surface area (Å²) < 4.78 is 20.1. The van der Waals surface area contributed by atoms with Gasteiger partial charge in [-0.2, -0.15) is 0 Å². The maximum Gasteiger partial charge on any atom is 0.313 e. The number of likely N-dealkylation sites (tertiary alicyclic amines) is 1.